The minimum absolute atomic E-state index is 0.159. The molecule has 2 rings (SSSR count). The molecule has 0 aromatic heterocycles. The Morgan fingerprint density at radius 1 is 1.43 bits per heavy atom. The van der Waals surface area contributed by atoms with Gasteiger partial charge in [-0.25, -0.2) is 0 Å². The van der Waals surface area contributed by atoms with Gasteiger partial charge >= 0.3 is 0 Å². The van der Waals surface area contributed by atoms with Crippen molar-refractivity contribution in [1.29, 1.82) is 0 Å². The van der Waals surface area contributed by atoms with Crippen LogP contribution >= 0.6 is 0 Å². The average molecular weight is 190 g/mol. The molecule has 1 aliphatic heterocycles. The minimum atomic E-state index is -0.458. The van der Waals surface area contributed by atoms with E-state index < -0.39 is 5.60 Å². The molecule has 1 aromatic rings. The fourth-order valence-corrected chi connectivity index (χ4v) is 1.70. The molecule has 0 amide bonds. The summed E-state index contributed by atoms with van der Waals surface area (Å²) in [5.74, 6) is 0. The van der Waals surface area contributed by atoms with E-state index in [0.717, 1.165) is 5.56 Å². The van der Waals surface area contributed by atoms with Gasteiger partial charge in [-0.3, -0.25) is 0 Å². The maximum Gasteiger partial charge on any atom is 0.156 e. The summed E-state index contributed by atoms with van der Waals surface area (Å²) in [6.07, 6.45) is 1.65. The zero-order valence-corrected chi connectivity index (χ0v) is 8.27. The fraction of sp³-hybridized carbons (Fsp3) is 0.333. The molecule has 0 bridgehead atoms. The van der Waals surface area contributed by atoms with Gasteiger partial charge in [0, 0.05) is 0 Å². The standard InChI is InChI=1S/C12H14O2/c1-3-12(9-13-10(2)14-12)11-7-5-4-6-8-11/h3-8,10H,1,9H2,2H3/t10-,12-/m0/s1. The average Bonchev–Trinajstić information content (AvgIpc) is 2.63. The summed E-state index contributed by atoms with van der Waals surface area (Å²) < 4.78 is 11.2. The molecule has 0 spiro atoms. The summed E-state index contributed by atoms with van der Waals surface area (Å²) in [5, 5.41) is 0. The van der Waals surface area contributed by atoms with Crippen molar-refractivity contribution in [3.8, 4) is 0 Å². The quantitative estimate of drug-likeness (QED) is 0.667. The van der Waals surface area contributed by atoms with E-state index in [9.17, 15) is 0 Å². The molecule has 0 saturated carbocycles. The molecule has 1 saturated heterocycles. The van der Waals surface area contributed by atoms with Gasteiger partial charge in [-0.05, 0) is 12.5 Å². The third-order valence-corrected chi connectivity index (χ3v) is 2.50. The molecule has 74 valence electrons. The van der Waals surface area contributed by atoms with E-state index >= 15 is 0 Å². The van der Waals surface area contributed by atoms with Gasteiger partial charge in [0.1, 0.15) is 5.60 Å². The maximum absolute atomic E-state index is 5.74. The Morgan fingerprint density at radius 3 is 2.64 bits per heavy atom. The van der Waals surface area contributed by atoms with E-state index in [2.05, 4.69) is 6.58 Å². The molecule has 2 atom stereocenters. The fourth-order valence-electron chi connectivity index (χ4n) is 1.70. The second kappa shape index (κ2) is 3.56. The number of rotatable bonds is 2. The highest BCUT2D eigenvalue weighted by atomic mass is 16.7. The van der Waals surface area contributed by atoms with Crippen LogP contribution in [0.15, 0.2) is 43.0 Å². The summed E-state index contributed by atoms with van der Waals surface area (Å²) in [7, 11) is 0. The SMILES string of the molecule is C=C[C@@]1(c2ccccc2)CO[C@H](C)O1. The van der Waals surface area contributed by atoms with Crippen molar-refractivity contribution in [3.63, 3.8) is 0 Å². The van der Waals surface area contributed by atoms with Gasteiger partial charge < -0.3 is 9.47 Å². The lowest BCUT2D eigenvalue weighted by atomic mass is 9.95. The molecule has 0 radical (unpaired) electrons. The van der Waals surface area contributed by atoms with E-state index in [-0.39, 0.29) is 6.29 Å². The van der Waals surface area contributed by atoms with Crippen molar-refractivity contribution in [1.82, 2.24) is 0 Å². The summed E-state index contributed by atoms with van der Waals surface area (Å²) in [5.41, 5.74) is 0.639. The predicted octanol–water partition coefficient (Wildman–Crippen LogP) is 2.46. The molecule has 1 aliphatic rings. The molecule has 1 fully saturated rings. The van der Waals surface area contributed by atoms with Gasteiger partial charge in [-0.15, -0.1) is 0 Å². The largest absolute Gasteiger partial charge is 0.349 e. The van der Waals surface area contributed by atoms with Crippen molar-refractivity contribution < 1.29 is 9.47 Å². The van der Waals surface area contributed by atoms with Gasteiger partial charge in [0.2, 0.25) is 0 Å². The Hall–Kier alpha value is -1.12. The van der Waals surface area contributed by atoms with Crippen LogP contribution in [-0.4, -0.2) is 12.9 Å². The third kappa shape index (κ3) is 1.47. The first-order chi connectivity index (χ1) is 6.77. The number of hydrogen-bond acceptors (Lipinski definition) is 2. The number of benzene rings is 1. The third-order valence-electron chi connectivity index (χ3n) is 2.50. The summed E-state index contributed by atoms with van der Waals surface area (Å²) in [6.45, 7) is 6.26. The van der Waals surface area contributed by atoms with Crippen molar-refractivity contribution >= 4 is 0 Å². The van der Waals surface area contributed by atoms with Gasteiger partial charge in [-0.1, -0.05) is 43.0 Å². The van der Waals surface area contributed by atoms with Crippen LogP contribution in [0.25, 0.3) is 0 Å². The van der Waals surface area contributed by atoms with Crippen molar-refractivity contribution in [2.45, 2.75) is 18.8 Å². The van der Waals surface area contributed by atoms with Crippen LogP contribution in [0.2, 0.25) is 0 Å². The van der Waals surface area contributed by atoms with Crippen LogP contribution in [-0.2, 0) is 15.1 Å². The lowest BCUT2D eigenvalue weighted by molar-refractivity contribution is -0.0630. The topological polar surface area (TPSA) is 18.5 Å². The van der Waals surface area contributed by atoms with Crippen LogP contribution in [0, 0.1) is 0 Å². The van der Waals surface area contributed by atoms with Crippen molar-refractivity contribution in [2.24, 2.45) is 0 Å². The van der Waals surface area contributed by atoms with E-state index in [1.165, 1.54) is 0 Å². The highest BCUT2D eigenvalue weighted by Gasteiger charge is 2.38. The van der Waals surface area contributed by atoms with Gasteiger partial charge in [0.05, 0.1) is 6.61 Å². The number of hydrogen-bond donors (Lipinski definition) is 0. The molecule has 0 aliphatic carbocycles. The Bertz CT molecular complexity index is 320. The maximum atomic E-state index is 5.74. The Balaban J connectivity index is 2.34. The van der Waals surface area contributed by atoms with Crippen LogP contribution in [0.5, 0.6) is 0 Å². The van der Waals surface area contributed by atoms with E-state index in [0.29, 0.717) is 6.61 Å². The molecular weight excluding hydrogens is 176 g/mol. The normalized spacial score (nSPS) is 31.6. The minimum Gasteiger partial charge on any atom is -0.349 e. The first kappa shape index (κ1) is 9.44. The molecular formula is C12H14O2. The Labute approximate surface area is 84.2 Å². The zero-order chi connectivity index (χ0) is 10.0. The van der Waals surface area contributed by atoms with Crippen LogP contribution in [0.4, 0.5) is 0 Å². The van der Waals surface area contributed by atoms with Crippen LogP contribution in [0.3, 0.4) is 0 Å². The molecule has 14 heavy (non-hydrogen) atoms. The second-order valence-corrected chi connectivity index (χ2v) is 3.46. The van der Waals surface area contributed by atoms with Gasteiger partial charge in [-0.2, -0.15) is 0 Å². The monoisotopic (exact) mass is 190 g/mol. The summed E-state index contributed by atoms with van der Waals surface area (Å²) >= 11 is 0. The molecule has 0 unspecified atom stereocenters. The van der Waals surface area contributed by atoms with Crippen molar-refractivity contribution in [2.75, 3.05) is 6.61 Å². The van der Waals surface area contributed by atoms with Gasteiger partial charge in [0.15, 0.2) is 6.29 Å². The Morgan fingerprint density at radius 2 is 2.14 bits per heavy atom. The molecule has 0 N–H and O–H groups in total. The smallest absolute Gasteiger partial charge is 0.156 e. The highest BCUT2D eigenvalue weighted by Crippen LogP contribution is 2.34. The van der Waals surface area contributed by atoms with Gasteiger partial charge in [0.25, 0.3) is 0 Å². The van der Waals surface area contributed by atoms with E-state index in [1.807, 2.05) is 43.3 Å². The Kier molecular flexibility index (Phi) is 2.40. The lowest BCUT2D eigenvalue weighted by Gasteiger charge is -2.23. The lowest BCUT2D eigenvalue weighted by Crippen LogP contribution is -2.26. The predicted molar refractivity (Wildman–Crippen MR) is 54.8 cm³/mol. The van der Waals surface area contributed by atoms with E-state index in [4.69, 9.17) is 9.47 Å². The van der Waals surface area contributed by atoms with E-state index in [1.54, 1.807) is 0 Å². The molecule has 1 heterocycles. The zero-order valence-electron chi connectivity index (χ0n) is 8.27. The highest BCUT2D eigenvalue weighted by molar-refractivity contribution is 5.28. The first-order valence-electron chi connectivity index (χ1n) is 4.75. The first-order valence-corrected chi connectivity index (χ1v) is 4.75. The summed E-state index contributed by atoms with van der Waals surface area (Å²) in [6, 6.07) is 10.0. The summed E-state index contributed by atoms with van der Waals surface area (Å²) in [4.78, 5) is 0. The van der Waals surface area contributed by atoms with Crippen molar-refractivity contribution in [3.05, 3.63) is 48.6 Å². The molecule has 1 aromatic carbocycles. The number of ether oxygens (including phenoxy) is 2. The second-order valence-electron chi connectivity index (χ2n) is 3.46. The van der Waals surface area contributed by atoms with Crippen LogP contribution < -0.4 is 0 Å². The van der Waals surface area contributed by atoms with Crippen LogP contribution in [0.1, 0.15) is 12.5 Å². The molecule has 2 nitrogen and oxygen atoms in total. The molecule has 2 heteroatoms.